The van der Waals surface area contributed by atoms with Crippen LogP contribution in [0.2, 0.25) is 0 Å². The van der Waals surface area contributed by atoms with E-state index in [-0.39, 0.29) is 5.75 Å². The van der Waals surface area contributed by atoms with Gasteiger partial charge in [0.05, 0.1) is 5.69 Å². The van der Waals surface area contributed by atoms with Crippen LogP contribution in [0.25, 0.3) is 0 Å². The van der Waals surface area contributed by atoms with E-state index in [1.165, 1.54) is 6.07 Å². The maximum absolute atomic E-state index is 11.5. The summed E-state index contributed by atoms with van der Waals surface area (Å²) < 4.78 is 27.7. The van der Waals surface area contributed by atoms with Gasteiger partial charge in [-0.3, -0.25) is 4.72 Å². The molecule has 0 aliphatic rings. The van der Waals surface area contributed by atoms with Gasteiger partial charge < -0.3 is 5.11 Å². The van der Waals surface area contributed by atoms with E-state index in [2.05, 4.69) is 9.44 Å². The lowest BCUT2D eigenvalue weighted by molar-refractivity contribution is 0.471. The Hall–Kier alpha value is -1.27. The molecule has 0 saturated carbocycles. The Bertz CT molecular complexity index is 483. The quantitative estimate of drug-likeness (QED) is 0.698. The monoisotopic (exact) mass is 244 g/mol. The topological polar surface area (TPSA) is 78.4 Å². The van der Waals surface area contributed by atoms with Gasteiger partial charge in [-0.05, 0) is 37.1 Å². The predicted octanol–water partition coefficient (Wildman–Crippen LogP) is 1.28. The number of nitrogens with one attached hydrogen (secondary N) is 2. The summed E-state index contributed by atoms with van der Waals surface area (Å²) in [5.41, 5.74) is 1.76. The minimum atomic E-state index is -3.52. The summed E-state index contributed by atoms with van der Waals surface area (Å²) in [6, 6.07) is 3.12. The van der Waals surface area contributed by atoms with Gasteiger partial charge in [-0.1, -0.05) is 6.92 Å². The maximum Gasteiger partial charge on any atom is 0.299 e. The molecular weight excluding hydrogens is 228 g/mol. The Labute approximate surface area is 95.7 Å². The maximum atomic E-state index is 11.5. The van der Waals surface area contributed by atoms with Crippen LogP contribution in [0, 0.1) is 13.8 Å². The highest BCUT2D eigenvalue weighted by atomic mass is 32.2. The molecule has 0 saturated heterocycles. The fourth-order valence-electron chi connectivity index (χ4n) is 1.28. The van der Waals surface area contributed by atoms with Gasteiger partial charge in [-0.15, -0.1) is 0 Å². The lowest BCUT2D eigenvalue weighted by Gasteiger charge is -2.12. The minimum Gasteiger partial charge on any atom is -0.508 e. The Morgan fingerprint density at radius 2 is 1.88 bits per heavy atom. The number of benzene rings is 1. The number of aryl methyl sites for hydroxylation is 2. The van der Waals surface area contributed by atoms with Crippen molar-refractivity contribution in [3.8, 4) is 5.75 Å². The summed E-state index contributed by atoms with van der Waals surface area (Å²) in [6.45, 7) is 5.46. The minimum absolute atomic E-state index is 0.156. The van der Waals surface area contributed by atoms with E-state index in [1.807, 2.05) is 0 Å². The van der Waals surface area contributed by atoms with Crippen LogP contribution in [0.5, 0.6) is 5.75 Å². The molecule has 90 valence electrons. The lowest BCUT2D eigenvalue weighted by Crippen LogP contribution is -2.30. The van der Waals surface area contributed by atoms with Crippen molar-refractivity contribution in [1.29, 1.82) is 0 Å². The Morgan fingerprint density at radius 1 is 1.25 bits per heavy atom. The first-order valence-corrected chi connectivity index (χ1v) is 6.41. The van der Waals surface area contributed by atoms with Gasteiger partial charge in [-0.25, -0.2) is 0 Å². The number of phenolic OH excluding ortho intramolecular Hbond substituents is 1. The largest absolute Gasteiger partial charge is 0.508 e. The molecule has 0 aliphatic carbocycles. The van der Waals surface area contributed by atoms with Gasteiger partial charge in [0, 0.05) is 6.54 Å². The van der Waals surface area contributed by atoms with Crippen LogP contribution in [0.15, 0.2) is 12.1 Å². The molecule has 0 amide bonds. The van der Waals surface area contributed by atoms with Gasteiger partial charge in [0.2, 0.25) is 0 Å². The van der Waals surface area contributed by atoms with Gasteiger partial charge >= 0.3 is 0 Å². The average Bonchev–Trinajstić information content (AvgIpc) is 2.13. The molecule has 0 radical (unpaired) electrons. The smallest absolute Gasteiger partial charge is 0.299 e. The standard InChI is InChI=1S/C10H16N2O3S/c1-4-11-16(14,15)12-9-5-8(3)10(13)6-7(9)2/h5-6,11-13H,4H2,1-3H3. The summed E-state index contributed by atoms with van der Waals surface area (Å²) >= 11 is 0. The van der Waals surface area contributed by atoms with Crippen LogP contribution in [-0.2, 0) is 10.2 Å². The van der Waals surface area contributed by atoms with Gasteiger partial charge in [-0.2, -0.15) is 13.1 Å². The van der Waals surface area contributed by atoms with Crippen molar-refractivity contribution >= 4 is 15.9 Å². The predicted molar refractivity (Wildman–Crippen MR) is 63.8 cm³/mol. The molecule has 0 bridgehead atoms. The van der Waals surface area contributed by atoms with E-state index in [9.17, 15) is 13.5 Å². The van der Waals surface area contributed by atoms with Crippen molar-refractivity contribution in [2.75, 3.05) is 11.3 Å². The van der Waals surface area contributed by atoms with E-state index in [1.54, 1.807) is 26.8 Å². The third kappa shape index (κ3) is 3.11. The molecular formula is C10H16N2O3S. The zero-order valence-electron chi connectivity index (χ0n) is 9.53. The van der Waals surface area contributed by atoms with Crippen LogP contribution in [-0.4, -0.2) is 20.1 Å². The fourth-order valence-corrected chi connectivity index (χ4v) is 2.24. The van der Waals surface area contributed by atoms with Crippen molar-refractivity contribution in [3.63, 3.8) is 0 Å². The van der Waals surface area contributed by atoms with Crippen molar-refractivity contribution in [2.24, 2.45) is 0 Å². The van der Waals surface area contributed by atoms with E-state index in [4.69, 9.17) is 0 Å². The van der Waals surface area contributed by atoms with Crippen molar-refractivity contribution in [1.82, 2.24) is 4.72 Å². The van der Waals surface area contributed by atoms with Crippen LogP contribution >= 0.6 is 0 Å². The second kappa shape index (κ2) is 4.71. The van der Waals surface area contributed by atoms with Crippen molar-refractivity contribution < 1.29 is 13.5 Å². The first-order valence-electron chi connectivity index (χ1n) is 4.93. The zero-order chi connectivity index (χ0) is 12.3. The molecule has 0 atom stereocenters. The molecule has 0 spiro atoms. The van der Waals surface area contributed by atoms with Gasteiger partial charge in [0.25, 0.3) is 10.2 Å². The Balaban J connectivity index is 3.03. The highest BCUT2D eigenvalue weighted by Gasteiger charge is 2.11. The molecule has 5 nitrogen and oxygen atoms in total. The fraction of sp³-hybridized carbons (Fsp3) is 0.400. The third-order valence-electron chi connectivity index (χ3n) is 2.12. The number of phenols is 1. The van der Waals surface area contributed by atoms with E-state index < -0.39 is 10.2 Å². The van der Waals surface area contributed by atoms with Crippen LogP contribution in [0.1, 0.15) is 18.1 Å². The highest BCUT2D eigenvalue weighted by molar-refractivity contribution is 7.90. The molecule has 0 unspecified atom stereocenters. The number of hydrogen-bond acceptors (Lipinski definition) is 3. The Morgan fingerprint density at radius 3 is 2.44 bits per heavy atom. The van der Waals surface area contributed by atoms with Crippen LogP contribution in [0.4, 0.5) is 5.69 Å². The van der Waals surface area contributed by atoms with E-state index >= 15 is 0 Å². The molecule has 3 N–H and O–H groups in total. The lowest BCUT2D eigenvalue weighted by atomic mass is 10.1. The van der Waals surface area contributed by atoms with Gasteiger partial charge in [0.1, 0.15) is 5.75 Å². The summed E-state index contributed by atoms with van der Waals surface area (Å²) in [7, 11) is -3.52. The first kappa shape index (κ1) is 12.8. The molecule has 1 rings (SSSR count). The third-order valence-corrected chi connectivity index (χ3v) is 3.28. The van der Waals surface area contributed by atoms with E-state index in [0.29, 0.717) is 23.4 Å². The highest BCUT2D eigenvalue weighted by Crippen LogP contribution is 2.25. The molecule has 0 aromatic heterocycles. The van der Waals surface area contributed by atoms with Crippen LogP contribution in [0.3, 0.4) is 0 Å². The Kier molecular flexibility index (Phi) is 3.77. The van der Waals surface area contributed by atoms with Gasteiger partial charge in [0.15, 0.2) is 0 Å². The number of hydrogen-bond donors (Lipinski definition) is 3. The molecule has 16 heavy (non-hydrogen) atoms. The molecule has 0 aliphatic heterocycles. The molecule has 1 aromatic carbocycles. The summed E-state index contributed by atoms with van der Waals surface area (Å²) in [6.07, 6.45) is 0. The normalized spacial score (nSPS) is 11.4. The van der Waals surface area contributed by atoms with Crippen molar-refractivity contribution in [3.05, 3.63) is 23.3 Å². The zero-order valence-corrected chi connectivity index (χ0v) is 10.4. The number of aromatic hydroxyl groups is 1. The molecule has 6 heteroatoms. The summed E-state index contributed by atoms with van der Waals surface area (Å²) in [5.74, 6) is 0.156. The van der Waals surface area contributed by atoms with Crippen molar-refractivity contribution in [2.45, 2.75) is 20.8 Å². The second-order valence-electron chi connectivity index (χ2n) is 3.56. The van der Waals surface area contributed by atoms with E-state index in [0.717, 1.165) is 0 Å². The second-order valence-corrected chi connectivity index (χ2v) is 5.06. The first-order chi connectivity index (χ1) is 7.35. The van der Waals surface area contributed by atoms with Crippen LogP contribution < -0.4 is 9.44 Å². The summed E-state index contributed by atoms with van der Waals surface area (Å²) in [5, 5.41) is 9.43. The molecule has 1 aromatic rings. The summed E-state index contributed by atoms with van der Waals surface area (Å²) in [4.78, 5) is 0. The SMILES string of the molecule is CCNS(=O)(=O)Nc1cc(C)c(O)cc1C. The molecule has 0 fully saturated rings. The number of anilines is 1. The average molecular weight is 244 g/mol. The molecule has 0 heterocycles. The number of rotatable bonds is 4.